The van der Waals surface area contributed by atoms with Crippen LogP contribution in [-0.4, -0.2) is 13.1 Å². The summed E-state index contributed by atoms with van der Waals surface area (Å²) in [7, 11) is 1.59. The number of aryl methyl sites for hydroxylation is 1. The van der Waals surface area contributed by atoms with E-state index in [0.717, 1.165) is 16.5 Å². The molecule has 0 amide bonds. The molecule has 0 atom stereocenters. The van der Waals surface area contributed by atoms with Crippen LogP contribution in [0.2, 0.25) is 0 Å². The number of fused-ring (bicyclic) bond motifs is 1. The molecule has 0 aliphatic carbocycles. The third-order valence-electron chi connectivity index (χ3n) is 4.21. The molecule has 0 aliphatic rings. The first-order valence-corrected chi connectivity index (χ1v) is 8.34. The van der Waals surface area contributed by atoms with Crippen LogP contribution in [0, 0.1) is 12.8 Å². The molecule has 134 valence electrons. The monoisotopic (exact) mass is 352 g/mol. The molecule has 0 radical (unpaired) electrons. The van der Waals surface area contributed by atoms with Gasteiger partial charge in [0.2, 0.25) is 0 Å². The Morgan fingerprint density at radius 1 is 1.04 bits per heavy atom. The summed E-state index contributed by atoms with van der Waals surface area (Å²) in [6.45, 7) is 5.40. The molecule has 3 rings (SSSR count). The van der Waals surface area contributed by atoms with E-state index in [1.54, 1.807) is 51.3 Å². The second kappa shape index (κ2) is 7.04. The highest BCUT2D eigenvalue weighted by Crippen LogP contribution is 2.30. The molecule has 0 saturated heterocycles. The molecule has 26 heavy (non-hydrogen) atoms. The van der Waals surface area contributed by atoms with Gasteiger partial charge in [-0.1, -0.05) is 26.0 Å². The zero-order valence-corrected chi connectivity index (χ0v) is 15.2. The molecular weight excluding hydrogens is 332 g/mol. The maximum absolute atomic E-state index is 12.5. The zero-order valence-electron chi connectivity index (χ0n) is 15.2. The summed E-state index contributed by atoms with van der Waals surface area (Å²) in [6, 6.07) is 12.2. The Morgan fingerprint density at radius 2 is 1.69 bits per heavy atom. The van der Waals surface area contributed by atoms with Crippen molar-refractivity contribution in [3.8, 4) is 22.6 Å². The second-order valence-corrected chi connectivity index (χ2v) is 6.35. The summed E-state index contributed by atoms with van der Waals surface area (Å²) in [5.74, 6) is 0.596. The third-order valence-corrected chi connectivity index (χ3v) is 4.21. The molecule has 0 fully saturated rings. The average molecular weight is 352 g/mol. The first-order chi connectivity index (χ1) is 12.4. The molecule has 2 aromatic carbocycles. The molecule has 0 aliphatic heterocycles. The van der Waals surface area contributed by atoms with Gasteiger partial charge in [0, 0.05) is 5.39 Å². The number of benzene rings is 2. The number of hydrogen-bond donors (Lipinski definition) is 0. The smallest absolute Gasteiger partial charge is 0.344 e. The minimum absolute atomic E-state index is 0.227. The number of hydrogen-bond acceptors (Lipinski definition) is 5. The van der Waals surface area contributed by atoms with Crippen LogP contribution in [0.5, 0.6) is 11.5 Å². The minimum Gasteiger partial charge on any atom is -0.497 e. The Labute approximate surface area is 151 Å². The van der Waals surface area contributed by atoms with E-state index in [1.165, 1.54) is 0 Å². The van der Waals surface area contributed by atoms with E-state index in [0.29, 0.717) is 22.6 Å². The van der Waals surface area contributed by atoms with Gasteiger partial charge in [-0.2, -0.15) is 0 Å². The van der Waals surface area contributed by atoms with Crippen molar-refractivity contribution in [3.05, 3.63) is 58.4 Å². The Bertz CT molecular complexity index is 1010. The quantitative estimate of drug-likeness (QED) is 0.397. The molecule has 1 heterocycles. The standard InChI is InChI=1S/C21H20O5/c1-12(2)20(22)25-16-9-10-18-17(11-16)13(3)19(21(23)26-18)14-5-7-15(24-4)8-6-14/h5-12H,1-4H3. The van der Waals surface area contributed by atoms with Crippen molar-refractivity contribution in [2.24, 2.45) is 5.92 Å². The fourth-order valence-corrected chi connectivity index (χ4v) is 2.72. The van der Waals surface area contributed by atoms with Crippen LogP contribution in [-0.2, 0) is 4.79 Å². The fourth-order valence-electron chi connectivity index (χ4n) is 2.72. The van der Waals surface area contributed by atoms with Gasteiger partial charge in [-0.3, -0.25) is 4.79 Å². The van der Waals surface area contributed by atoms with Crippen LogP contribution in [0.25, 0.3) is 22.1 Å². The van der Waals surface area contributed by atoms with Crippen molar-refractivity contribution in [1.29, 1.82) is 0 Å². The maximum atomic E-state index is 12.5. The van der Waals surface area contributed by atoms with Gasteiger partial charge in [-0.25, -0.2) is 4.79 Å². The summed E-state index contributed by atoms with van der Waals surface area (Å²) in [5.41, 5.74) is 2.03. The number of esters is 1. The normalized spacial score (nSPS) is 11.0. The topological polar surface area (TPSA) is 65.7 Å². The molecule has 1 aromatic heterocycles. The van der Waals surface area contributed by atoms with Crippen molar-refractivity contribution in [3.63, 3.8) is 0 Å². The van der Waals surface area contributed by atoms with Crippen molar-refractivity contribution in [1.82, 2.24) is 0 Å². The number of carbonyl (C=O) groups excluding carboxylic acids is 1. The summed E-state index contributed by atoms with van der Waals surface area (Å²) in [4.78, 5) is 24.3. The van der Waals surface area contributed by atoms with E-state index in [4.69, 9.17) is 13.9 Å². The van der Waals surface area contributed by atoms with Gasteiger partial charge in [-0.15, -0.1) is 0 Å². The zero-order chi connectivity index (χ0) is 18.8. The third kappa shape index (κ3) is 3.33. The number of ether oxygens (including phenoxy) is 2. The van der Waals surface area contributed by atoms with E-state index >= 15 is 0 Å². The summed E-state index contributed by atoms with van der Waals surface area (Å²) >= 11 is 0. The van der Waals surface area contributed by atoms with Crippen molar-refractivity contribution in [2.75, 3.05) is 7.11 Å². The van der Waals surface area contributed by atoms with E-state index in [2.05, 4.69) is 0 Å². The molecule has 3 aromatic rings. The van der Waals surface area contributed by atoms with Gasteiger partial charge in [0.15, 0.2) is 0 Å². The lowest BCUT2D eigenvalue weighted by Gasteiger charge is -2.11. The Kier molecular flexibility index (Phi) is 4.80. The number of rotatable bonds is 4. The minimum atomic E-state index is -0.410. The molecule has 0 saturated carbocycles. The molecule has 0 spiro atoms. The lowest BCUT2D eigenvalue weighted by molar-refractivity contribution is -0.137. The van der Waals surface area contributed by atoms with Crippen LogP contribution < -0.4 is 15.1 Å². The molecule has 0 N–H and O–H groups in total. The highest BCUT2D eigenvalue weighted by atomic mass is 16.5. The number of methoxy groups -OCH3 is 1. The van der Waals surface area contributed by atoms with Crippen LogP contribution >= 0.6 is 0 Å². The van der Waals surface area contributed by atoms with Crippen molar-refractivity contribution in [2.45, 2.75) is 20.8 Å². The van der Waals surface area contributed by atoms with Crippen LogP contribution in [0.15, 0.2) is 51.7 Å². The second-order valence-electron chi connectivity index (χ2n) is 6.35. The van der Waals surface area contributed by atoms with Crippen LogP contribution in [0.4, 0.5) is 0 Å². The predicted octanol–water partition coefficient (Wildman–Crippen LogP) is 4.34. The maximum Gasteiger partial charge on any atom is 0.344 e. The highest BCUT2D eigenvalue weighted by Gasteiger charge is 2.16. The van der Waals surface area contributed by atoms with Gasteiger partial charge < -0.3 is 13.9 Å². The summed E-state index contributed by atoms with van der Waals surface area (Å²) < 4.78 is 16.0. The van der Waals surface area contributed by atoms with Gasteiger partial charge in [0.25, 0.3) is 0 Å². The highest BCUT2D eigenvalue weighted by molar-refractivity contribution is 5.88. The predicted molar refractivity (Wildman–Crippen MR) is 99.7 cm³/mol. The molecule has 0 unspecified atom stereocenters. The lowest BCUT2D eigenvalue weighted by Crippen LogP contribution is -2.14. The Hall–Kier alpha value is -3.08. The first-order valence-electron chi connectivity index (χ1n) is 8.34. The van der Waals surface area contributed by atoms with Gasteiger partial charge in [0.05, 0.1) is 18.6 Å². The van der Waals surface area contributed by atoms with Gasteiger partial charge in [-0.05, 0) is 48.4 Å². The lowest BCUT2D eigenvalue weighted by atomic mass is 9.99. The summed E-state index contributed by atoms with van der Waals surface area (Å²) in [5, 5.41) is 0.726. The average Bonchev–Trinajstić information content (AvgIpc) is 2.62. The van der Waals surface area contributed by atoms with E-state index in [9.17, 15) is 9.59 Å². The molecule has 0 bridgehead atoms. The van der Waals surface area contributed by atoms with Crippen LogP contribution in [0.3, 0.4) is 0 Å². The van der Waals surface area contributed by atoms with Gasteiger partial charge >= 0.3 is 11.6 Å². The molecule has 5 nitrogen and oxygen atoms in total. The van der Waals surface area contributed by atoms with Crippen LogP contribution in [0.1, 0.15) is 19.4 Å². The van der Waals surface area contributed by atoms with E-state index in [-0.39, 0.29) is 11.9 Å². The van der Waals surface area contributed by atoms with Crippen molar-refractivity contribution < 1.29 is 18.7 Å². The Balaban J connectivity index is 2.12. The Morgan fingerprint density at radius 3 is 2.31 bits per heavy atom. The number of carbonyl (C=O) groups is 1. The van der Waals surface area contributed by atoms with Crippen molar-refractivity contribution >= 4 is 16.9 Å². The summed E-state index contributed by atoms with van der Waals surface area (Å²) in [6.07, 6.45) is 0. The van der Waals surface area contributed by atoms with Gasteiger partial charge in [0.1, 0.15) is 17.1 Å². The molecule has 5 heteroatoms. The van der Waals surface area contributed by atoms with E-state index in [1.807, 2.05) is 19.1 Å². The SMILES string of the molecule is COc1ccc(-c2c(C)c3cc(OC(=O)C(C)C)ccc3oc2=O)cc1. The van der Waals surface area contributed by atoms with E-state index < -0.39 is 5.63 Å². The first kappa shape index (κ1) is 17.7. The largest absolute Gasteiger partial charge is 0.497 e. The molecular formula is C21H20O5. The fraction of sp³-hybridized carbons (Fsp3) is 0.238.